The van der Waals surface area contributed by atoms with Crippen LogP contribution >= 0.6 is 0 Å². The molecule has 0 amide bonds. The summed E-state index contributed by atoms with van der Waals surface area (Å²) in [5.74, 6) is -0.171. The highest BCUT2D eigenvalue weighted by Gasteiger charge is 2.11. The first-order chi connectivity index (χ1) is 13.6. The van der Waals surface area contributed by atoms with Crippen molar-refractivity contribution in [2.45, 2.75) is 13.5 Å². The summed E-state index contributed by atoms with van der Waals surface area (Å²) in [6.07, 6.45) is 1.63. The summed E-state index contributed by atoms with van der Waals surface area (Å²) >= 11 is 0. The van der Waals surface area contributed by atoms with Crippen LogP contribution in [0.15, 0.2) is 82.6 Å². The van der Waals surface area contributed by atoms with E-state index in [4.69, 9.17) is 0 Å². The Labute approximate surface area is 162 Å². The molecule has 28 heavy (non-hydrogen) atoms. The number of aromatic amines is 1. The first-order valence-electron chi connectivity index (χ1n) is 9.11. The first kappa shape index (κ1) is 17.7. The third kappa shape index (κ3) is 3.58. The van der Waals surface area contributed by atoms with Crippen LogP contribution in [0.5, 0.6) is 5.88 Å². The van der Waals surface area contributed by atoms with E-state index in [0.29, 0.717) is 22.9 Å². The molecule has 3 aromatic carbocycles. The number of hydrogen-bond acceptors (Lipinski definition) is 3. The maximum Gasteiger partial charge on any atom is 0.258 e. The second-order valence-electron chi connectivity index (χ2n) is 6.80. The van der Waals surface area contributed by atoms with Crippen molar-refractivity contribution in [1.82, 2.24) is 4.98 Å². The van der Waals surface area contributed by atoms with Crippen LogP contribution < -0.4 is 5.56 Å². The van der Waals surface area contributed by atoms with Gasteiger partial charge >= 0.3 is 0 Å². The summed E-state index contributed by atoms with van der Waals surface area (Å²) in [4.78, 5) is 19.3. The molecule has 0 spiro atoms. The fourth-order valence-corrected chi connectivity index (χ4v) is 3.30. The Balaban J connectivity index is 1.80. The Kier molecular flexibility index (Phi) is 4.77. The van der Waals surface area contributed by atoms with Crippen LogP contribution in [-0.4, -0.2) is 16.3 Å². The lowest BCUT2D eigenvalue weighted by Gasteiger charge is -2.08. The maximum atomic E-state index is 12.3. The van der Waals surface area contributed by atoms with E-state index in [1.54, 1.807) is 12.3 Å². The number of aromatic nitrogens is 1. The molecule has 138 valence electrons. The predicted octanol–water partition coefficient (Wildman–Crippen LogP) is 4.83. The van der Waals surface area contributed by atoms with Crippen molar-refractivity contribution in [3.05, 3.63) is 99.8 Å². The Hall–Kier alpha value is -3.66. The van der Waals surface area contributed by atoms with E-state index < -0.39 is 0 Å². The zero-order valence-corrected chi connectivity index (χ0v) is 15.5. The van der Waals surface area contributed by atoms with E-state index in [2.05, 4.69) is 16.0 Å². The topological polar surface area (TPSA) is 65.5 Å². The van der Waals surface area contributed by atoms with Gasteiger partial charge in [-0.3, -0.25) is 14.8 Å². The summed E-state index contributed by atoms with van der Waals surface area (Å²) < 4.78 is 0. The molecular formula is C24H20N2O2. The van der Waals surface area contributed by atoms with E-state index in [0.717, 1.165) is 22.3 Å². The standard InChI is InChI=1S/C24H20N2O2/c1-16-6-5-9-18(12-16)19-10-11-20-21(13-19)22(24(28)26-23(20)27)15-25-14-17-7-3-2-4-8-17/h2-13,15H,14H2,1H3,(H2,26,27,28). The minimum atomic E-state index is -0.316. The van der Waals surface area contributed by atoms with Crippen molar-refractivity contribution < 1.29 is 5.11 Å². The van der Waals surface area contributed by atoms with Crippen LogP contribution in [0, 0.1) is 6.92 Å². The zero-order chi connectivity index (χ0) is 19.5. The van der Waals surface area contributed by atoms with Crippen molar-refractivity contribution in [1.29, 1.82) is 0 Å². The van der Waals surface area contributed by atoms with Crippen LogP contribution in [0.4, 0.5) is 0 Å². The van der Waals surface area contributed by atoms with E-state index in [1.807, 2.05) is 67.6 Å². The molecule has 0 unspecified atom stereocenters. The van der Waals surface area contributed by atoms with Gasteiger partial charge in [-0.1, -0.05) is 66.2 Å². The number of hydrogen-bond donors (Lipinski definition) is 2. The number of fused-ring (bicyclic) bond motifs is 1. The molecule has 0 saturated carbocycles. The third-order valence-corrected chi connectivity index (χ3v) is 4.73. The summed E-state index contributed by atoms with van der Waals surface area (Å²) in [6.45, 7) is 2.54. The smallest absolute Gasteiger partial charge is 0.258 e. The molecule has 4 nitrogen and oxygen atoms in total. The van der Waals surface area contributed by atoms with Gasteiger partial charge in [0.05, 0.1) is 12.1 Å². The molecule has 0 aliphatic rings. The fourth-order valence-electron chi connectivity index (χ4n) is 3.30. The average molecular weight is 368 g/mol. The molecule has 0 radical (unpaired) electrons. The molecule has 1 heterocycles. The van der Waals surface area contributed by atoms with Crippen molar-refractivity contribution >= 4 is 17.0 Å². The van der Waals surface area contributed by atoms with Gasteiger partial charge in [0, 0.05) is 17.0 Å². The zero-order valence-electron chi connectivity index (χ0n) is 15.5. The van der Waals surface area contributed by atoms with Gasteiger partial charge in [-0.25, -0.2) is 0 Å². The van der Waals surface area contributed by atoms with Gasteiger partial charge in [0.1, 0.15) is 0 Å². The van der Waals surface area contributed by atoms with Gasteiger partial charge in [-0.15, -0.1) is 0 Å². The van der Waals surface area contributed by atoms with Gasteiger partial charge in [-0.05, 0) is 35.7 Å². The fraction of sp³-hybridized carbons (Fsp3) is 0.0833. The molecule has 1 aromatic heterocycles. The Morgan fingerprint density at radius 1 is 0.929 bits per heavy atom. The summed E-state index contributed by atoms with van der Waals surface area (Å²) in [7, 11) is 0. The van der Waals surface area contributed by atoms with Crippen molar-refractivity contribution in [2.75, 3.05) is 0 Å². The van der Waals surface area contributed by atoms with Crippen molar-refractivity contribution in [2.24, 2.45) is 4.99 Å². The number of nitrogens with one attached hydrogen (secondary N) is 1. The van der Waals surface area contributed by atoms with Crippen LogP contribution in [0.25, 0.3) is 21.9 Å². The maximum absolute atomic E-state index is 12.3. The van der Waals surface area contributed by atoms with Crippen molar-refractivity contribution in [3.63, 3.8) is 0 Å². The highest BCUT2D eigenvalue weighted by atomic mass is 16.3. The molecule has 0 aliphatic carbocycles. The van der Waals surface area contributed by atoms with Crippen LogP contribution in [0.2, 0.25) is 0 Å². The second-order valence-corrected chi connectivity index (χ2v) is 6.80. The van der Waals surface area contributed by atoms with E-state index in [9.17, 15) is 9.90 Å². The minimum absolute atomic E-state index is 0.171. The van der Waals surface area contributed by atoms with Crippen LogP contribution in [0.3, 0.4) is 0 Å². The number of nitrogens with zero attached hydrogens (tertiary/aromatic N) is 1. The Morgan fingerprint density at radius 2 is 1.71 bits per heavy atom. The number of rotatable bonds is 4. The molecule has 4 rings (SSSR count). The number of aromatic hydroxyl groups is 1. The van der Waals surface area contributed by atoms with E-state index >= 15 is 0 Å². The van der Waals surface area contributed by atoms with Gasteiger partial charge < -0.3 is 5.11 Å². The minimum Gasteiger partial charge on any atom is -0.494 e. The highest BCUT2D eigenvalue weighted by Crippen LogP contribution is 2.27. The average Bonchev–Trinajstić information content (AvgIpc) is 2.71. The first-order valence-corrected chi connectivity index (χ1v) is 9.11. The summed E-state index contributed by atoms with van der Waals surface area (Å²) in [5.41, 5.74) is 4.49. The third-order valence-electron chi connectivity index (χ3n) is 4.73. The van der Waals surface area contributed by atoms with E-state index in [1.165, 1.54) is 0 Å². The SMILES string of the molecule is Cc1cccc(-c2ccc3c(=O)[nH]c(O)c(C=NCc4ccccc4)c3c2)c1. The molecule has 2 N–H and O–H groups in total. The molecule has 0 atom stereocenters. The van der Waals surface area contributed by atoms with Gasteiger partial charge in [0.2, 0.25) is 5.88 Å². The number of benzene rings is 3. The van der Waals surface area contributed by atoms with Crippen molar-refractivity contribution in [3.8, 4) is 17.0 Å². The summed E-state index contributed by atoms with van der Waals surface area (Å²) in [5, 5.41) is 11.5. The number of pyridine rings is 1. The largest absolute Gasteiger partial charge is 0.494 e. The second kappa shape index (κ2) is 7.53. The van der Waals surface area contributed by atoms with Crippen LogP contribution in [-0.2, 0) is 6.54 Å². The van der Waals surface area contributed by atoms with Gasteiger partial charge in [0.15, 0.2) is 0 Å². The molecule has 0 saturated heterocycles. The number of aliphatic imine (C=N–C) groups is 1. The molecule has 0 bridgehead atoms. The quantitative estimate of drug-likeness (QED) is 0.507. The molecule has 0 fully saturated rings. The molecule has 4 aromatic rings. The van der Waals surface area contributed by atoms with E-state index in [-0.39, 0.29) is 11.4 Å². The Bertz CT molecular complexity index is 1220. The lowest BCUT2D eigenvalue weighted by Crippen LogP contribution is -2.08. The molecular weight excluding hydrogens is 348 g/mol. The van der Waals surface area contributed by atoms with Gasteiger partial charge in [-0.2, -0.15) is 0 Å². The molecule has 0 aliphatic heterocycles. The monoisotopic (exact) mass is 368 g/mol. The Morgan fingerprint density at radius 3 is 2.50 bits per heavy atom. The highest BCUT2D eigenvalue weighted by molar-refractivity contribution is 6.02. The van der Waals surface area contributed by atoms with Crippen LogP contribution in [0.1, 0.15) is 16.7 Å². The number of H-pyrrole nitrogens is 1. The normalized spacial score (nSPS) is 11.3. The predicted molar refractivity (Wildman–Crippen MR) is 114 cm³/mol. The lowest BCUT2D eigenvalue weighted by molar-refractivity contribution is 0.452. The summed E-state index contributed by atoms with van der Waals surface area (Å²) in [6, 6.07) is 23.7. The van der Waals surface area contributed by atoms with Gasteiger partial charge in [0.25, 0.3) is 5.56 Å². The lowest BCUT2D eigenvalue weighted by atomic mass is 9.99. The number of aryl methyl sites for hydroxylation is 1. The molecule has 4 heteroatoms.